The van der Waals surface area contributed by atoms with Crippen LogP contribution in [0.5, 0.6) is 5.75 Å². The average Bonchev–Trinajstić information content (AvgIpc) is 2.51. The number of pyridine rings is 1. The van der Waals surface area contributed by atoms with Gasteiger partial charge in [-0.1, -0.05) is 13.8 Å². The zero-order valence-corrected chi connectivity index (χ0v) is 15.3. The molecule has 2 aromatic rings. The second kappa shape index (κ2) is 7.57. The lowest BCUT2D eigenvalue weighted by Crippen LogP contribution is -2.43. The smallest absolute Gasteiger partial charge is 0.437 e. The third-order valence-corrected chi connectivity index (χ3v) is 3.60. The van der Waals surface area contributed by atoms with Gasteiger partial charge in [0.1, 0.15) is 18.2 Å². The molecule has 0 aliphatic carbocycles. The first-order valence-electron chi connectivity index (χ1n) is 8.28. The number of rotatable bonds is 6. The van der Waals surface area contributed by atoms with Crippen LogP contribution in [-0.2, 0) is 6.18 Å². The Kier molecular flexibility index (Phi) is 5.85. The van der Waals surface area contributed by atoms with Crippen LogP contribution in [0, 0.1) is 12.8 Å². The van der Waals surface area contributed by atoms with E-state index in [1.807, 2.05) is 13.8 Å². The lowest BCUT2D eigenvalue weighted by Gasteiger charge is -2.27. The zero-order chi connectivity index (χ0) is 19.5. The van der Waals surface area contributed by atoms with E-state index in [-0.39, 0.29) is 18.1 Å². The van der Waals surface area contributed by atoms with Gasteiger partial charge >= 0.3 is 6.18 Å². The average molecular weight is 368 g/mol. The number of halogens is 3. The molecule has 0 saturated heterocycles. The molecule has 26 heavy (non-hydrogen) atoms. The van der Waals surface area contributed by atoms with Gasteiger partial charge < -0.3 is 10.5 Å². The van der Waals surface area contributed by atoms with Crippen molar-refractivity contribution in [3.63, 3.8) is 0 Å². The normalized spacial score (nSPS) is 14.3. The van der Waals surface area contributed by atoms with Gasteiger partial charge in [-0.15, -0.1) is 0 Å². The van der Waals surface area contributed by atoms with E-state index in [0.717, 1.165) is 0 Å². The van der Waals surface area contributed by atoms with Gasteiger partial charge in [-0.2, -0.15) is 13.2 Å². The lowest BCUT2D eigenvalue weighted by atomic mass is 9.93. The van der Waals surface area contributed by atoms with Gasteiger partial charge in [-0.05, 0) is 44.4 Å². The van der Waals surface area contributed by atoms with Gasteiger partial charge in [-0.25, -0.2) is 15.0 Å². The molecular formula is C18H23F3N4O. The number of alkyl halides is 3. The third-order valence-electron chi connectivity index (χ3n) is 3.60. The van der Waals surface area contributed by atoms with Crippen LogP contribution in [0.2, 0.25) is 0 Å². The molecular weight excluding hydrogens is 345 g/mol. The van der Waals surface area contributed by atoms with Crippen LogP contribution >= 0.6 is 0 Å². The van der Waals surface area contributed by atoms with E-state index in [1.165, 1.54) is 24.4 Å². The largest absolute Gasteiger partial charge is 0.489 e. The molecule has 2 rings (SSSR count). The molecule has 0 fully saturated rings. The van der Waals surface area contributed by atoms with E-state index in [0.29, 0.717) is 23.9 Å². The highest BCUT2D eigenvalue weighted by molar-refractivity contribution is 5.55. The van der Waals surface area contributed by atoms with Crippen molar-refractivity contribution in [1.29, 1.82) is 0 Å². The fourth-order valence-corrected chi connectivity index (χ4v) is 2.74. The summed E-state index contributed by atoms with van der Waals surface area (Å²) in [7, 11) is 0. The maximum absolute atomic E-state index is 13.4. The summed E-state index contributed by atoms with van der Waals surface area (Å²) < 4.78 is 45.7. The number of nitrogens with two attached hydrogens (primary N) is 1. The summed E-state index contributed by atoms with van der Waals surface area (Å²) in [5.41, 5.74) is 4.71. The highest BCUT2D eigenvalue weighted by Gasteiger charge is 2.37. The molecule has 5 nitrogen and oxygen atoms in total. The minimum atomic E-state index is -4.66. The van der Waals surface area contributed by atoms with Gasteiger partial charge in [0.25, 0.3) is 0 Å². The molecule has 1 atom stereocenters. The van der Waals surface area contributed by atoms with Crippen LogP contribution < -0.4 is 10.5 Å². The Morgan fingerprint density at radius 3 is 2.35 bits per heavy atom. The Labute approximate surface area is 150 Å². The number of ether oxygens (including phenoxy) is 1. The van der Waals surface area contributed by atoms with Crippen LogP contribution in [0.15, 0.2) is 24.4 Å². The maximum Gasteiger partial charge on any atom is 0.437 e. The monoisotopic (exact) mass is 368 g/mol. The molecule has 8 heteroatoms. The standard InChI is InChI=1S/C18H23F3N4O/c1-11(2)9-17(4,22)10-26-15-6-5-13(25-16(15)18(19,20)21)14-7-8-23-12(3)24-14/h5-8,11H,9-10,22H2,1-4H3/t17-/m0/s1. The molecule has 2 heterocycles. The van der Waals surface area contributed by atoms with E-state index >= 15 is 0 Å². The number of hydrogen-bond donors (Lipinski definition) is 1. The van der Waals surface area contributed by atoms with Crippen LogP contribution in [-0.4, -0.2) is 27.1 Å². The molecule has 0 bridgehead atoms. The highest BCUT2D eigenvalue weighted by Crippen LogP contribution is 2.36. The fraction of sp³-hybridized carbons (Fsp3) is 0.500. The van der Waals surface area contributed by atoms with Gasteiger partial charge in [0.2, 0.25) is 0 Å². The Balaban J connectivity index is 2.32. The summed E-state index contributed by atoms with van der Waals surface area (Å²) in [4.78, 5) is 11.8. The number of aryl methyl sites for hydroxylation is 1. The summed E-state index contributed by atoms with van der Waals surface area (Å²) in [5.74, 6) is 0.412. The quantitative estimate of drug-likeness (QED) is 0.834. The van der Waals surface area contributed by atoms with Crippen molar-refractivity contribution >= 4 is 0 Å². The Morgan fingerprint density at radius 1 is 1.12 bits per heavy atom. The van der Waals surface area contributed by atoms with E-state index in [2.05, 4.69) is 15.0 Å². The van der Waals surface area contributed by atoms with Crippen molar-refractivity contribution in [1.82, 2.24) is 15.0 Å². The van der Waals surface area contributed by atoms with Crippen LogP contribution in [0.25, 0.3) is 11.4 Å². The summed E-state index contributed by atoms with van der Waals surface area (Å²) in [5, 5.41) is 0. The Hall–Kier alpha value is -2.22. The number of nitrogens with zero attached hydrogens (tertiary/aromatic N) is 3. The first kappa shape index (κ1) is 20.1. The van der Waals surface area contributed by atoms with E-state index < -0.39 is 17.4 Å². The first-order valence-corrected chi connectivity index (χ1v) is 8.28. The SMILES string of the molecule is Cc1nccc(-c2ccc(OC[C@@](C)(N)CC(C)C)c(C(F)(F)F)n2)n1. The van der Waals surface area contributed by atoms with Crippen LogP contribution in [0.3, 0.4) is 0 Å². The van der Waals surface area contributed by atoms with Crippen molar-refractivity contribution < 1.29 is 17.9 Å². The van der Waals surface area contributed by atoms with Crippen LogP contribution in [0.4, 0.5) is 13.2 Å². The first-order chi connectivity index (χ1) is 12.0. The fourth-order valence-electron chi connectivity index (χ4n) is 2.74. The van der Waals surface area contributed by atoms with E-state index in [4.69, 9.17) is 10.5 Å². The zero-order valence-electron chi connectivity index (χ0n) is 15.3. The van der Waals surface area contributed by atoms with Gasteiger partial charge in [0, 0.05) is 11.7 Å². The van der Waals surface area contributed by atoms with Crippen LogP contribution in [0.1, 0.15) is 38.7 Å². The van der Waals surface area contributed by atoms with Crippen molar-refractivity contribution in [3.8, 4) is 17.1 Å². The molecule has 0 aliphatic rings. The minimum Gasteiger partial charge on any atom is -0.489 e. The lowest BCUT2D eigenvalue weighted by molar-refractivity contribution is -0.142. The summed E-state index contributed by atoms with van der Waals surface area (Å²) in [6.07, 6.45) is -2.56. The van der Waals surface area contributed by atoms with Gasteiger partial charge in [0.05, 0.1) is 11.4 Å². The van der Waals surface area contributed by atoms with E-state index in [9.17, 15) is 13.2 Å². The van der Waals surface area contributed by atoms with Crippen molar-refractivity contribution in [2.75, 3.05) is 6.61 Å². The Morgan fingerprint density at radius 2 is 1.77 bits per heavy atom. The van der Waals surface area contributed by atoms with Gasteiger partial charge in [0.15, 0.2) is 5.69 Å². The molecule has 0 unspecified atom stereocenters. The second-order valence-electron chi connectivity index (χ2n) is 7.07. The summed E-state index contributed by atoms with van der Waals surface area (Å²) in [6, 6.07) is 4.21. The summed E-state index contributed by atoms with van der Waals surface area (Å²) in [6.45, 7) is 7.36. The molecule has 2 aromatic heterocycles. The number of hydrogen-bond acceptors (Lipinski definition) is 5. The van der Waals surface area contributed by atoms with E-state index in [1.54, 1.807) is 13.8 Å². The second-order valence-corrected chi connectivity index (χ2v) is 7.07. The molecule has 142 valence electrons. The highest BCUT2D eigenvalue weighted by atomic mass is 19.4. The predicted molar refractivity (Wildman–Crippen MR) is 92.5 cm³/mol. The molecule has 0 aromatic carbocycles. The summed E-state index contributed by atoms with van der Waals surface area (Å²) >= 11 is 0. The molecule has 0 spiro atoms. The third kappa shape index (κ3) is 5.39. The molecule has 0 aliphatic heterocycles. The van der Waals surface area contributed by atoms with Gasteiger partial charge in [-0.3, -0.25) is 0 Å². The predicted octanol–water partition coefficient (Wildman–Crippen LogP) is 4.01. The van der Waals surface area contributed by atoms with Crippen molar-refractivity contribution in [3.05, 3.63) is 35.9 Å². The van der Waals surface area contributed by atoms with Crippen molar-refractivity contribution in [2.45, 2.75) is 45.8 Å². The Bertz CT molecular complexity index is 760. The maximum atomic E-state index is 13.4. The topological polar surface area (TPSA) is 73.9 Å². The molecule has 0 radical (unpaired) electrons. The number of aromatic nitrogens is 3. The van der Waals surface area contributed by atoms with Crippen molar-refractivity contribution in [2.24, 2.45) is 11.7 Å². The minimum absolute atomic E-state index is 0.0398. The molecule has 2 N–H and O–H groups in total. The molecule has 0 amide bonds. The molecule has 0 saturated carbocycles.